The summed E-state index contributed by atoms with van der Waals surface area (Å²) >= 11 is 0. The SMILES string of the molecule is CCOC(=O)CCc1ccc(NC(=O)C2(N)CCOCC2)cc1.Cl. The molecule has 1 amide bonds. The van der Waals surface area contributed by atoms with Crippen molar-refractivity contribution in [2.24, 2.45) is 5.73 Å². The van der Waals surface area contributed by atoms with Gasteiger partial charge in [-0.25, -0.2) is 0 Å². The number of amides is 1. The molecule has 2 rings (SSSR count). The highest BCUT2D eigenvalue weighted by molar-refractivity contribution is 5.98. The number of halogens is 1. The van der Waals surface area contributed by atoms with Crippen LogP contribution < -0.4 is 11.1 Å². The van der Waals surface area contributed by atoms with Gasteiger partial charge in [0.25, 0.3) is 0 Å². The maximum absolute atomic E-state index is 12.3. The van der Waals surface area contributed by atoms with Gasteiger partial charge in [0, 0.05) is 25.3 Å². The first-order valence-electron chi connectivity index (χ1n) is 7.96. The monoisotopic (exact) mass is 356 g/mol. The fourth-order valence-corrected chi connectivity index (χ4v) is 2.45. The van der Waals surface area contributed by atoms with E-state index < -0.39 is 5.54 Å². The minimum atomic E-state index is -0.860. The van der Waals surface area contributed by atoms with Crippen LogP contribution >= 0.6 is 12.4 Å². The quantitative estimate of drug-likeness (QED) is 0.761. The summed E-state index contributed by atoms with van der Waals surface area (Å²) in [5.41, 5.74) is 7.00. The summed E-state index contributed by atoms with van der Waals surface area (Å²) in [5, 5.41) is 2.85. The molecule has 0 bridgehead atoms. The molecule has 6 nitrogen and oxygen atoms in total. The van der Waals surface area contributed by atoms with E-state index in [-0.39, 0.29) is 24.3 Å². The summed E-state index contributed by atoms with van der Waals surface area (Å²) < 4.78 is 10.1. The van der Waals surface area contributed by atoms with Gasteiger partial charge in [0.05, 0.1) is 6.61 Å². The highest BCUT2D eigenvalue weighted by Crippen LogP contribution is 2.20. The number of rotatable bonds is 6. The Morgan fingerprint density at radius 1 is 1.25 bits per heavy atom. The number of benzene rings is 1. The van der Waals surface area contributed by atoms with Gasteiger partial charge in [-0.15, -0.1) is 12.4 Å². The molecule has 1 aromatic rings. The first-order chi connectivity index (χ1) is 11.0. The van der Waals surface area contributed by atoms with Crippen molar-refractivity contribution in [1.82, 2.24) is 0 Å². The van der Waals surface area contributed by atoms with Crippen molar-refractivity contribution in [2.75, 3.05) is 25.1 Å². The van der Waals surface area contributed by atoms with Gasteiger partial charge >= 0.3 is 5.97 Å². The third-order valence-electron chi connectivity index (χ3n) is 3.97. The number of carbonyl (C=O) groups is 2. The fraction of sp³-hybridized carbons (Fsp3) is 0.529. The maximum Gasteiger partial charge on any atom is 0.306 e. The lowest BCUT2D eigenvalue weighted by Gasteiger charge is -2.31. The standard InChI is InChI=1S/C17H24N2O4.ClH/c1-2-23-15(20)8-5-13-3-6-14(7-4-13)19-16(21)17(18)9-11-22-12-10-17;/h3-4,6-7H,2,5,8-12,18H2,1H3,(H,19,21);1H. The minimum absolute atomic E-state index is 0. The van der Waals surface area contributed by atoms with Crippen LogP contribution in [0.5, 0.6) is 0 Å². The lowest BCUT2D eigenvalue weighted by molar-refractivity contribution is -0.143. The fourth-order valence-electron chi connectivity index (χ4n) is 2.45. The zero-order valence-electron chi connectivity index (χ0n) is 13.9. The van der Waals surface area contributed by atoms with Crippen LogP contribution in [0.2, 0.25) is 0 Å². The Kier molecular flexibility index (Phi) is 8.18. The smallest absolute Gasteiger partial charge is 0.306 e. The van der Waals surface area contributed by atoms with Crippen molar-refractivity contribution in [3.8, 4) is 0 Å². The Balaban J connectivity index is 0.00000288. The molecular weight excluding hydrogens is 332 g/mol. The third kappa shape index (κ3) is 5.78. The van der Waals surface area contributed by atoms with Gasteiger partial charge in [0.15, 0.2) is 0 Å². The summed E-state index contributed by atoms with van der Waals surface area (Å²) in [7, 11) is 0. The largest absolute Gasteiger partial charge is 0.466 e. The van der Waals surface area contributed by atoms with E-state index >= 15 is 0 Å². The molecule has 0 radical (unpaired) electrons. The first kappa shape index (κ1) is 20.4. The van der Waals surface area contributed by atoms with Crippen molar-refractivity contribution in [2.45, 2.75) is 38.1 Å². The number of nitrogens with one attached hydrogen (secondary N) is 1. The molecule has 1 aromatic carbocycles. The normalized spacial score (nSPS) is 15.9. The lowest BCUT2D eigenvalue weighted by Crippen LogP contribution is -2.54. The van der Waals surface area contributed by atoms with Crippen molar-refractivity contribution in [3.63, 3.8) is 0 Å². The van der Waals surface area contributed by atoms with E-state index in [0.717, 1.165) is 5.56 Å². The summed E-state index contributed by atoms with van der Waals surface area (Å²) in [6.07, 6.45) is 2.02. The number of ether oxygens (including phenoxy) is 2. The number of hydrogen-bond acceptors (Lipinski definition) is 5. The molecule has 1 heterocycles. The predicted molar refractivity (Wildman–Crippen MR) is 94.2 cm³/mol. The molecule has 0 aromatic heterocycles. The summed E-state index contributed by atoms with van der Waals surface area (Å²) in [4.78, 5) is 23.6. The van der Waals surface area contributed by atoms with Crippen molar-refractivity contribution < 1.29 is 19.1 Å². The Morgan fingerprint density at radius 2 is 1.88 bits per heavy atom. The van der Waals surface area contributed by atoms with Crippen LogP contribution in [-0.2, 0) is 25.5 Å². The van der Waals surface area contributed by atoms with Gasteiger partial charge in [0.2, 0.25) is 5.91 Å². The van der Waals surface area contributed by atoms with Crippen LogP contribution in [0.25, 0.3) is 0 Å². The molecule has 3 N–H and O–H groups in total. The van der Waals surface area contributed by atoms with E-state index in [1.54, 1.807) is 6.92 Å². The molecule has 1 aliphatic heterocycles. The molecule has 1 fully saturated rings. The zero-order chi connectivity index (χ0) is 16.7. The second kappa shape index (κ2) is 9.61. The Bertz CT molecular complexity index is 542. The van der Waals surface area contributed by atoms with Gasteiger partial charge in [-0.05, 0) is 43.9 Å². The van der Waals surface area contributed by atoms with Crippen LogP contribution in [0.15, 0.2) is 24.3 Å². The Labute approximate surface area is 148 Å². The number of anilines is 1. The molecule has 1 saturated heterocycles. The zero-order valence-corrected chi connectivity index (χ0v) is 14.7. The van der Waals surface area contributed by atoms with Gasteiger partial charge in [-0.3, -0.25) is 9.59 Å². The topological polar surface area (TPSA) is 90.7 Å². The predicted octanol–water partition coefficient (Wildman–Crippen LogP) is 2.05. The Morgan fingerprint density at radius 3 is 2.46 bits per heavy atom. The lowest BCUT2D eigenvalue weighted by atomic mass is 9.90. The van der Waals surface area contributed by atoms with Crippen LogP contribution in [0.4, 0.5) is 5.69 Å². The molecule has 0 aliphatic carbocycles. The molecular formula is C17H25ClN2O4. The average molecular weight is 357 g/mol. The molecule has 24 heavy (non-hydrogen) atoms. The molecule has 0 spiro atoms. The molecule has 0 atom stereocenters. The summed E-state index contributed by atoms with van der Waals surface area (Å²) in [5.74, 6) is -0.380. The first-order valence-corrected chi connectivity index (χ1v) is 7.96. The second-order valence-electron chi connectivity index (χ2n) is 5.72. The van der Waals surface area contributed by atoms with E-state index in [2.05, 4.69) is 5.32 Å². The highest BCUT2D eigenvalue weighted by atomic mass is 35.5. The minimum Gasteiger partial charge on any atom is -0.466 e. The van der Waals surface area contributed by atoms with E-state index in [9.17, 15) is 9.59 Å². The van der Waals surface area contributed by atoms with E-state index in [0.29, 0.717) is 51.2 Å². The van der Waals surface area contributed by atoms with Crippen LogP contribution in [-0.4, -0.2) is 37.2 Å². The van der Waals surface area contributed by atoms with Crippen molar-refractivity contribution >= 4 is 30.0 Å². The summed E-state index contributed by atoms with van der Waals surface area (Å²) in [6.45, 7) is 3.21. The van der Waals surface area contributed by atoms with Gasteiger partial charge in [-0.1, -0.05) is 12.1 Å². The van der Waals surface area contributed by atoms with E-state index in [1.807, 2.05) is 24.3 Å². The molecule has 0 saturated carbocycles. The van der Waals surface area contributed by atoms with Gasteiger partial charge < -0.3 is 20.5 Å². The number of aryl methyl sites for hydroxylation is 1. The number of esters is 1. The number of carbonyl (C=O) groups excluding carboxylic acids is 2. The molecule has 7 heteroatoms. The van der Waals surface area contributed by atoms with Gasteiger partial charge in [-0.2, -0.15) is 0 Å². The van der Waals surface area contributed by atoms with Crippen LogP contribution in [0, 0.1) is 0 Å². The summed E-state index contributed by atoms with van der Waals surface area (Å²) in [6, 6.07) is 7.42. The second-order valence-corrected chi connectivity index (χ2v) is 5.72. The van der Waals surface area contributed by atoms with Crippen molar-refractivity contribution in [3.05, 3.63) is 29.8 Å². The number of nitrogens with two attached hydrogens (primary N) is 1. The van der Waals surface area contributed by atoms with E-state index in [1.165, 1.54) is 0 Å². The maximum atomic E-state index is 12.3. The molecule has 0 unspecified atom stereocenters. The Hall–Kier alpha value is -1.63. The molecule has 134 valence electrons. The molecule has 1 aliphatic rings. The third-order valence-corrected chi connectivity index (χ3v) is 3.97. The van der Waals surface area contributed by atoms with Crippen LogP contribution in [0.1, 0.15) is 31.7 Å². The highest BCUT2D eigenvalue weighted by Gasteiger charge is 2.35. The number of hydrogen-bond donors (Lipinski definition) is 2. The van der Waals surface area contributed by atoms with E-state index in [4.69, 9.17) is 15.2 Å². The average Bonchev–Trinajstić information content (AvgIpc) is 2.55. The van der Waals surface area contributed by atoms with Crippen LogP contribution in [0.3, 0.4) is 0 Å². The van der Waals surface area contributed by atoms with Gasteiger partial charge in [0.1, 0.15) is 5.54 Å². The van der Waals surface area contributed by atoms with Crippen molar-refractivity contribution in [1.29, 1.82) is 0 Å².